The van der Waals surface area contributed by atoms with Crippen LogP contribution < -0.4 is 0 Å². The molecule has 3 rings (SSSR count). The first-order valence-electron chi connectivity index (χ1n) is 12.6. The quantitative estimate of drug-likeness (QED) is 0.352. The third-order valence-electron chi connectivity index (χ3n) is 8.17. The zero-order chi connectivity index (χ0) is 21.3. The normalized spacial score (nSPS) is 36.5. The van der Waals surface area contributed by atoms with Crippen LogP contribution in [0, 0.1) is 23.7 Å². The Morgan fingerprint density at radius 3 is 2.00 bits per heavy atom. The fourth-order valence-corrected chi connectivity index (χ4v) is 6.01. The predicted octanol–water partition coefficient (Wildman–Crippen LogP) is 6.08. The van der Waals surface area contributed by atoms with Crippen LogP contribution in [0.3, 0.4) is 0 Å². The van der Waals surface area contributed by atoms with Gasteiger partial charge < -0.3 is 14.2 Å². The van der Waals surface area contributed by atoms with Gasteiger partial charge in [-0.25, -0.2) is 0 Å². The number of allylic oxidation sites excluding steroid dienone is 1. The molecule has 0 heterocycles. The molecule has 0 N–H and O–H groups in total. The number of carbonyl (C=O) groups is 1. The highest BCUT2D eigenvalue weighted by Gasteiger charge is 2.35. The van der Waals surface area contributed by atoms with Crippen LogP contribution in [0.15, 0.2) is 12.2 Å². The first-order valence-corrected chi connectivity index (χ1v) is 12.6. The average molecular weight is 421 g/mol. The lowest BCUT2D eigenvalue weighted by Gasteiger charge is -2.37. The van der Waals surface area contributed by atoms with Crippen molar-refractivity contribution < 1.29 is 19.0 Å². The van der Waals surface area contributed by atoms with E-state index in [1.54, 1.807) is 7.11 Å². The fourth-order valence-electron chi connectivity index (χ4n) is 6.01. The minimum atomic E-state index is 0.0471. The summed E-state index contributed by atoms with van der Waals surface area (Å²) in [5, 5.41) is 0. The summed E-state index contributed by atoms with van der Waals surface area (Å²) < 4.78 is 17.4. The Hall–Kier alpha value is -0.870. The average Bonchev–Trinajstić information content (AvgIpc) is 2.80. The van der Waals surface area contributed by atoms with Gasteiger partial charge in [0.15, 0.2) is 0 Å². The minimum Gasteiger partial charge on any atom is -0.462 e. The largest absolute Gasteiger partial charge is 0.462 e. The number of ether oxygens (including phenoxy) is 3. The van der Waals surface area contributed by atoms with Crippen LogP contribution in [0.5, 0.6) is 0 Å². The molecule has 0 aliphatic heterocycles. The highest BCUT2D eigenvalue weighted by Crippen LogP contribution is 2.41. The maximum atomic E-state index is 12.8. The molecule has 0 radical (unpaired) electrons. The number of esters is 1. The van der Waals surface area contributed by atoms with Crippen LogP contribution in [0.1, 0.15) is 90.9 Å². The van der Waals surface area contributed by atoms with Gasteiger partial charge in [-0.3, -0.25) is 4.79 Å². The third kappa shape index (κ3) is 6.82. The molecule has 3 saturated carbocycles. The Balaban J connectivity index is 1.33. The molecule has 30 heavy (non-hydrogen) atoms. The van der Waals surface area contributed by atoms with E-state index in [4.69, 9.17) is 14.2 Å². The van der Waals surface area contributed by atoms with E-state index in [1.165, 1.54) is 38.5 Å². The molecule has 172 valence electrons. The molecular formula is C26H44O4. The van der Waals surface area contributed by atoms with Crippen LogP contribution in [-0.2, 0) is 19.0 Å². The van der Waals surface area contributed by atoms with Crippen molar-refractivity contribution in [2.75, 3.05) is 13.7 Å². The van der Waals surface area contributed by atoms with Crippen molar-refractivity contribution >= 4 is 5.97 Å². The second-order valence-electron chi connectivity index (χ2n) is 9.97. The molecule has 0 aromatic rings. The lowest BCUT2D eigenvalue weighted by atomic mass is 9.70. The molecule has 1 atom stereocenters. The second-order valence-corrected chi connectivity index (χ2v) is 9.97. The SMILES string of the molecule is C/C=C/COC1CCC(C2CCC(C(=O)OC(C)C3CCC(OC)CC3)CC2)CC1. The van der Waals surface area contributed by atoms with E-state index in [2.05, 4.69) is 19.1 Å². The third-order valence-corrected chi connectivity index (χ3v) is 8.17. The maximum Gasteiger partial charge on any atom is 0.309 e. The van der Waals surface area contributed by atoms with Crippen LogP contribution in [0.2, 0.25) is 0 Å². The summed E-state index contributed by atoms with van der Waals surface area (Å²) in [4.78, 5) is 12.8. The number of hydrogen-bond acceptors (Lipinski definition) is 4. The molecule has 0 bridgehead atoms. The molecule has 3 fully saturated rings. The van der Waals surface area contributed by atoms with Crippen molar-refractivity contribution in [1.29, 1.82) is 0 Å². The van der Waals surface area contributed by atoms with Gasteiger partial charge in [-0.15, -0.1) is 0 Å². The molecule has 1 unspecified atom stereocenters. The summed E-state index contributed by atoms with van der Waals surface area (Å²) in [6, 6.07) is 0. The van der Waals surface area contributed by atoms with Gasteiger partial charge in [-0.1, -0.05) is 12.2 Å². The van der Waals surface area contributed by atoms with Crippen LogP contribution in [0.25, 0.3) is 0 Å². The molecule has 4 nitrogen and oxygen atoms in total. The van der Waals surface area contributed by atoms with E-state index in [-0.39, 0.29) is 18.0 Å². The Bertz CT molecular complexity index is 521. The first kappa shape index (κ1) is 23.8. The van der Waals surface area contributed by atoms with Crippen molar-refractivity contribution in [3.63, 3.8) is 0 Å². The summed E-state index contributed by atoms with van der Waals surface area (Å²) in [6.07, 6.45) is 18.9. The van der Waals surface area contributed by atoms with Crippen LogP contribution in [0.4, 0.5) is 0 Å². The molecule has 0 amide bonds. The first-order chi connectivity index (χ1) is 14.6. The highest BCUT2D eigenvalue weighted by atomic mass is 16.5. The van der Waals surface area contributed by atoms with Gasteiger partial charge in [0.25, 0.3) is 0 Å². The van der Waals surface area contributed by atoms with E-state index < -0.39 is 0 Å². The van der Waals surface area contributed by atoms with E-state index in [1.807, 2.05) is 6.92 Å². The standard InChI is InChI=1S/C26H44O4/c1-4-5-18-29-25-16-12-22(13-17-25)21-6-8-23(9-7-21)26(27)30-19(2)20-10-14-24(28-3)15-11-20/h4-5,19-25H,6-18H2,1-3H3/b5-4+. The fraction of sp³-hybridized carbons (Fsp3) is 0.885. The Labute approximate surface area is 184 Å². The van der Waals surface area contributed by atoms with Gasteiger partial charge in [0.05, 0.1) is 24.7 Å². The lowest BCUT2D eigenvalue weighted by Crippen LogP contribution is -2.34. The molecule has 0 aromatic heterocycles. The second kappa shape index (κ2) is 12.2. The molecule has 3 aliphatic rings. The Kier molecular flexibility index (Phi) is 9.70. The van der Waals surface area contributed by atoms with Gasteiger partial charge >= 0.3 is 5.97 Å². The van der Waals surface area contributed by atoms with E-state index in [9.17, 15) is 4.79 Å². The molecular weight excluding hydrogens is 376 g/mol. The Morgan fingerprint density at radius 1 is 0.867 bits per heavy atom. The molecule has 4 heteroatoms. The number of carbonyl (C=O) groups excluding carboxylic acids is 1. The maximum absolute atomic E-state index is 12.8. The van der Waals surface area contributed by atoms with Gasteiger partial charge in [-0.05, 0) is 109 Å². The van der Waals surface area contributed by atoms with Crippen LogP contribution >= 0.6 is 0 Å². The molecule has 0 spiro atoms. The van der Waals surface area contributed by atoms with Crippen molar-refractivity contribution in [1.82, 2.24) is 0 Å². The van der Waals surface area contributed by atoms with E-state index in [0.717, 1.165) is 57.0 Å². The van der Waals surface area contributed by atoms with Gasteiger partial charge in [-0.2, -0.15) is 0 Å². The summed E-state index contributed by atoms with van der Waals surface area (Å²) in [5.41, 5.74) is 0. The van der Waals surface area contributed by atoms with E-state index >= 15 is 0 Å². The monoisotopic (exact) mass is 420 g/mol. The van der Waals surface area contributed by atoms with Gasteiger partial charge in [0.2, 0.25) is 0 Å². The number of hydrogen-bond donors (Lipinski definition) is 0. The van der Waals surface area contributed by atoms with Crippen molar-refractivity contribution in [2.45, 2.75) is 109 Å². The Morgan fingerprint density at radius 2 is 1.43 bits per heavy atom. The zero-order valence-corrected chi connectivity index (χ0v) is 19.5. The van der Waals surface area contributed by atoms with Gasteiger partial charge in [0, 0.05) is 7.11 Å². The predicted molar refractivity (Wildman–Crippen MR) is 120 cm³/mol. The highest BCUT2D eigenvalue weighted by molar-refractivity contribution is 5.72. The number of rotatable bonds is 8. The summed E-state index contributed by atoms with van der Waals surface area (Å²) in [5.74, 6) is 2.32. The van der Waals surface area contributed by atoms with Crippen molar-refractivity contribution in [3.8, 4) is 0 Å². The molecule has 0 aromatic carbocycles. The summed E-state index contributed by atoms with van der Waals surface area (Å²) >= 11 is 0. The van der Waals surface area contributed by atoms with Crippen molar-refractivity contribution in [2.24, 2.45) is 23.7 Å². The van der Waals surface area contributed by atoms with E-state index in [0.29, 0.717) is 18.1 Å². The van der Waals surface area contributed by atoms with Gasteiger partial charge in [0.1, 0.15) is 6.10 Å². The van der Waals surface area contributed by atoms with Crippen LogP contribution in [-0.4, -0.2) is 38.0 Å². The van der Waals surface area contributed by atoms with Crippen molar-refractivity contribution in [3.05, 3.63) is 12.2 Å². The lowest BCUT2D eigenvalue weighted by molar-refractivity contribution is -0.158. The topological polar surface area (TPSA) is 44.8 Å². The summed E-state index contributed by atoms with van der Waals surface area (Å²) in [7, 11) is 1.80. The smallest absolute Gasteiger partial charge is 0.309 e. The molecule has 0 saturated heterocycles. The summed E-state index contributed by atoms with van der Waals surface area (Å²) in [6.45, 7) is 4.89. The number of methoxy groups -OCH3 is 1. The minimum absolute atomic E-state index is 0.0471. The zero-order valence-electron chi connectivity index (χ0n) is 19.5. The molecule has 3 aliphatic carbocycles.